The zero-order chi connectivity index (χ0) is 7.61. The van der Waals surface area contributed by atoms with Crippen LogP contribution in [-0.2, 0) is 4.84 Å². The van der Waals surface area contributed by atoms with Crippen molar-refractivity contribution in [2.75, 3.05) is 7.11 Å². The first-order valence-corrected chi connectivity index (χ1v) is 2.73. The highest BCUT2D eigenvalue weighted by Gasteiger charge is 2.23. The number of hydroxylamine groups is 2. The maximum Gasteiger partial charge on any atom is 0.288 e. The molecule has 0 radical (unpaired) electrons. The van der Waals surface area contributed by atoms with E-state index in [1.807, 2.05) is 0 Å². The first-order valence-electron chi connectivity index (χ1n) is 2.73. The van der Waals surface area contributed by atoms with Crippen LogP contribution in [-0.4, -0.2) is 18.1 Å². The maximum absolute atomic E-state index is 12.3. The minimum Gasteiger partial charge on any atom is -0.273 e. The summed E-state index contributed by atoms with van der Waals surface area (Å²) >= 11 is 0. The molecule has 0 aromatic heterocycles. The van der Waals surface area contributed by atoms with Crippen LogP contribution in [0.1, 0.15) is 0 Å². The van der Waals surface area contributed by atoms with Crippen LogP contribution in [0.15, 0.2) is 24.6 Å². The fourth-order valence-corrected chi connectivity index (χ4v) is 0.573. The minimum absolute atomic E-state index is 0.760. The van der Waals surface area contributed by atoms with Gasteiger partial charge in [-0.15, -0.1) is 0 Å². The monoisotopic (exact) mass is 147 g/mol. The van der Waals surface area contributed by atoms with Gasteiger partial charge in [-0.05, 0) is 0 Å². The van der Waals surface area contributed by atoms with E-state index in [1.165, 1.54) is 24.6 Å². The van der Waals surface area contributed by atoms with Gasteiger partial charge in [0.15, 0.2) is 0 Å². The van der Waals surface area contributed by atoms with E-state index in [4.69, 9.17) is 0 Å². The molecule has 2 nitrogen and oxygen atoms in total. The van der Waals surface area contributed by atoms with E-state index in [1.54, 1.807) is 0 Å². The molecular weight excluding hydrogens is 140 g/mol. The average Bonchev–Trinajstić information content (AvgIpc) is 1.88. The molecule has 1 rings (SSSR count). The summed E-state index contributed by atoms with van der Waals surface area (Å²) in [6.45, 7) is 0. The van der Waals surface area contributed by atoms with Crippen molar-refractivity contribution >= 4 is 0 Å². The van der Waals surface area contributed by atoms with Crippen LogP contribution in [0.5, 0.6) is 0 Å². The van der Waals surface area contributed by atoms with E-state index in [0.29, 0.717) is 0 Å². The lowest BCUT2D eigenvalue weighted by Crippen LogP contribution is -2.18. The van der Waals surface area contributed by atoms with Gasteiger partial charge in [-0.2, -0.15) is 8.78 Å². The van der Waals surface area contributed by atoms with Gasteiger partial charge in [-0.25, -0.2) is 5.06 Å². The summed E-state index contributed by atoms with van der Waals surface area (Å²) < 4.78 is 24.5. The molecule has 0 spiro atoms. The molecule has 0 aliphatic carbocycles. The number of alkyl halides is 2. The molecule has 0 N–H and O–H groups in total. The number of nitrogens with zero attached hydrogens (tertiary/aromatic N) is 1. The zero-order valence-electron chi connectivity index (χ0n) is 5.42. The second-order valence-corrected chi connectivity index (χ2v) is 1.85. The lowest BCUT2D eigenvalue weighted by Gasteiger charge is -2.18. The first-order chi connectivity index (χ1) is 4.64. The summed E-state index contributed by atoms with van der Waals surface area (Å²) in [5, 5.41) is 1.19. The molecule has 0 aromatic rings. The van der Waals surface area contributed by atoms with E-state index in [0.717, 1.165) is 12.2 Å². The summed E-state index contributed by atoms with van der Waals surface area (Å²) in [7, 11) is 1.40. The molecule has 0 unspecified atom stereocenters. The van der Waals surface area contributed by atoms with E-state index in [9.17, 15) is 8.78 Å². The molecule has 4 heteroatoms. The van der Waals surface area contributed by atoms with Crippen LogP contribution in [0.3, 0.4) is 0 Å². The third-order valence-electron chi connectivity index (χ3n) is 1.10. The number of hydrogen-bond acceptors (Lipinski definition) is 2. The van der Waals surface area contributed by atoms with E-state index in [-0.39, 0.29) is 0 Å². The van der Waals surface area contributed by atoms with Crippen LogP contribution in [0, 0.1) is 0 Å². The second kappa shape index (κ2) is 2.38. The molecule has 0 aromatic carbocycles. The standard InChI is InChI=1S/C6H7F2NO/c1-10-9-4-2-6(7,8)3-5-9/h2-5H,1H3. The Morgan fingerprint density at radius 2 is 1.80 bits per heavy atom. The van der Waals surface area contributed by atoms with Gasteiger partial charge in [0, 0.05) is 24.6 Å². The van der Waals surface area contributed by atoms with E-state index >= 15 is 0 Å². The summed E-state index contributed by atoms with van der Waals surface area (Å²) in [4.78, 5) is 4.61. The number of allylic oxidation sites excluding steroid dienone is 2. The summed E-state index contributed by atoms with van der Waals surface area (Å²) in [6.07, 6.45) is 3.85. The Hall–Kier alpha value is -0.900. The highest BCUT2D eigenvalue weighted by atomic mass is 19.3. The van der Waals surface area contributed by atoms with Gasteiger partial charge in [-0.3, -0.25) is 4.84 Å². The van der Waals surface area contributed by atoms with Crippen molar-refractivity contribution in [1.82, 2.24) is 5.06 Å². The normalized spacial score (nSPS) is 21.7. The van der Waals surface area contributed by atoms with Crippen molar-refractivity contribution in [1.29, 1.82) is 0 Å². The largest absolute Gasteiger partial charge is 0.288 e. The molecule has 0 atom stereocenters. The van der Waals surface area contributed by atoms with Gasteiger partial charge in [0.05, 0.1) is 7.11 Å². The van der Waals surface area contributed by atoms with Gasteiger partial charge in [0.2, 0.25) is 0 Å². The van der Waals surface area contributed by atoms with E-state index < -0.39 is 5.92 Å². The zero-order valence-corrected chi connectivity index (χ0v) is 5.42. The van der Waals surface area contributed by atoms with Gasteiger partial charge < -0.3 is 0 Å². The Bertz CT molecular complexity index is 161. The highest BCUT2D eigenvalue weighted by Crippen LogP contribution is 2.20. The molecule has 1 aliphatic rings. The number of halogens is 2. The highest BCUT2D eigenvalue weighted by molar-refractivity contribution is 5.12. The molecule has 0 saturated carbocycles. The Morgan fingerprint density at radius 1 is 1.30 bits per heavy atom. The van der Waals surface area contributed by atoms with Crippen molar-refractivity contribution in [2.45, 2.75) is 5.92 Å². The SMILES string of the molecule is CON1C=CC(F)(F)C=C1. The van der Waals surface area contributed by atoms with Crippen molar-refractivity contribution in [3.8, 4) is 0 Å². The number of hydrogen-bond donors (Lipinski definition) is 0. The van der Waals surface area contributed by atoms with Crippen LogP contribution >= 0.6 is 0 Å². The summed E-state index contributed by atoms with van der Waals surface area (Å²) in [5.41, 5.74) is 0. The van der Waals surface area contributed by atoms with Crippen LogP contribution in [0.4, 0.5) is 8.78 Å². The van der Waals surface area contributed by atoms with Gasteiger partial charge in [0.25, 0.3) is 5.92 Å². The van der Waals surface area contributed by atoms with Crippen molar-refractivity contribution in [2.24, 2.45) is 0 Å². The first kappa shape index (κ1) is 7.21. The van der Waals surface area contributed by atoms with Gasteiger partial charge in [0.1, 0.15) is 0 Å². The molecule has 1 heterocycles. The van der Waals surface area contributed by atoms with Crippen molar-refractivity contribution in [3.05, 3.63) is 24.6 Å². The maximum atomic E-state index is 12.3. The Labute approximate surface area is 57.3 Å². The van der Waals surface area contributed by atoms with Crippen molar-refractivity contribution < 1.29 is 13.6 Å². The van der Waals surface area contributed by atoms with Gasteiger partial charge >= 0.3 is 0 Å². The molecule has 1 aliphatic heterocycles. The summed E-state index contributed by atoms with van der Waals surface area (Å²) in [5.74, 6) is -2.82. The Kier molecular flexibility index (Phi) is 1.72. The quantitative estimate of drug-likeness (QED) is 0.557. The lowest BCUT2D eigenvalue weighted by atomic mass is 10.3. The fourth-order valence-electron chi connectivity index (χ4n) is 0.573. The number of rotatable bonds is 1. The van der Waals surface area contributed by atoms with E-state index in [2.05, 4.69) is 4.84 Å². The predicted molar refractivity (Wildman–Crippen MR) is 32.1 cm³/mol. The molecule has 0 fully saturated rings. The van der Waals surface area contributed by atoms with Crippen LogP contribution in [0.25, 0.3) is 0 Å². The van der Waals surface area contributed by atoms with Crippen LogP contribution in [0.2, 0.25) is 0 Å². The molecule has 0 bridgehead atoms. The fraction of sp³-hybridized carbons (Fsp3) is 0.333. The lowest BCUT2D eigenvalue weighted by molar-refractivity contribution is -0.0521. The molecule has 0 saturated heterocycles. The third kappa shape index (κ3) is 1.54. The second-order valence-electron chi connectivity index (χ2n) is 1.85. The molecule has 0 amide bonds. The van der Waals surface area contributed by atoms with Crippen molar-refractivity contribution in [3.63, 3.8) is 0 Å². The van der Waals surface area contributed by atoms with Crippen LogP contribution < -0.4 is 0 Å². The Balaban J connectivity index is 2.62. The van der Waals surface area contributed by atoms with Gasteiger partial charge in [-0.1, -0.05) is 0 Å². The Morgan fingerprint density at radius 3 is 2.20 bits per heavy atom. The minimum atomic E-state index is -2.82. The topological polar surface area (TPSA) is 12.5 Å². The third-order valence-corrected chi connectivity index (χ3v) is 1.10. The molecule has 56 valence electrons. The summed E-state index contributed by atoms with van der Waals surface area (Å²) in [6, 6.07) is 0. The predicted octanol–water partition coefficient (Wildman–Crippen LogP) is 1.53. The smallest absolute Gasteiger partial charge is 0.273 e. The average molecular weight is 147 g/mol. The molecule has 10 heavy (non-hydrogen) atoms. The molecular formula is C6H7F2NO.